The van der Waals surface area contributed by atoms with Gasteiger partial charge in [0.1, 0.15) is 0 Å². The van der Waals surface area contributed by atoms with E-state index in [2.05, 4.69) is 73.9 Å². The van der Waals surface area contributed by atoms with Crippen molar-refractivity contribution < 1.29 is 9.53 Å². The number of nitrogens with zero attached hydrogens (tertiary/aromatic N) is 6. The topological polar surface area (TPSA) is 76.4 Å². The van der Waals surface area contributed by atoms with E-state index in [9.17, 15) is 4.79 Å². The highest BCUT2D eigenvalue weighted by Crippen LogP contribution is 2.30. The molecule has 8 heteroatoms. The van der Waals surface area contributed by atoms with Crippen LogP contribution in [-0.2, 0) is 16.0 Å². The van der Waals surface area contributed by atoms with Crippen molar-refractivity contribution in [3.05, 3.63) is 120 Å². The molecule has 3 aromatic carbocycles. The second-order valence-corrected chi connectivity index (χ2v) is 9.67. The summed E-state index contributed by atoms with van der Waals surface area (Å²) in [6, 6.07) is 29.7. The first-order chi connectivity index (χ1) is 19.2. The highest BCUT2D eigenvalue weighted by molar-refractivity contribution is 5.74. The van der Waals surface area contributed by atoms with Crippen molar-refractivity contribution in [1.29, 1.82) is 0 Å². The van der Waals surface area contributed by atoms with Gasteiger partial charge >= 0.3 is 5.97 Å². The quantitative estimate of drug-likeness (QED) is 0.291. The molecule has 8 nitrogen and oxygen atoms in total. The number of aromatic nitrogens is 4. The monoisotopic (exact) mass is 522 g/mol. The van der Waals surface area contributed by atoms with Gasteiger partial charge in [0, 0.05) is 39.1 Å². The van der Waals surface area contributed by atoms with Crippen molar-refractivity contribution in [2.24, 2.45) is 0 Å². The molecular formula is C31H34N6O2. The number of ether oxygens (including phenoxy) is 1. The molecular weight excluding hydrogens is 488 g/mol. The van der Waals surface area contributed by atoms with Crippen LogP contribution in [-0.4, -0.2) is 75.8 Å². The fourth-order valence-electron chi connectivity index (χ4n) is 5.11. The van der Waals surface area contributed by atoms with E-state index in [4.69, 9.17) is 4.74 Å². The Kier molecular flexibility index (Phi) is 8.88. The molecule has 0 radical (unpaired) electrons. The Morgan fingerprint density at radius 2 is 1.54 bits per heavy atom. The summed E-state index contributed by atoms with van der Waals surface area (Å²) in [6.45, 7) is 4.46. The third kappa shape index (κ3) is 6.66. The molecule has 1 aromatic heterocycles. The Morgan fingerprint density at radius 3 is 2.21 bits per heavy atom. The van der Waals surface area contributed by atoms with Gasteiger partial charge in [0.15, 0.2) is 11.9 Å². The molecule has 4 aromatic rings. The predicted octanol–water partition coefficient (Wildman–Crippen LogP) is 4.05. The van der Waals surface area contributed by atoms with Crippen LogP contribution in [0.25, 0.3) is 6.08 Å². The minimum absolute atomic E-state index is 0.189. The Hall–Kier alpha value is -4.14. The molecule has 2 atom stereocenters. The number of tetrazole rings is 1. The van der Waals surface area contributed by atoms with Crippen molar-refractivity contribution in [3.63, 3.8) is 0 Å². The second-order valence-electron chi connectivity index (χ2n) is 9.67. The molecule has 200 valence electrons. The molecule has 0 N–H and O–H groups in total. The van der Waals surface area contributed by atoms with Crippen molar-refractivity contribution in [2.75, 3.05) is 39.8 Å². The lowest BCUT2D eigenvalue weighted by Gasteiger charge is -2.38. The van der Waals surface area contributed by atoms with Crippen LogP contribution >= 0.6 is 0 Å². The van der Waals surface area contributed by atoms with Crippen LogP contribution < -0.4 is 0 Å². The van der Waals surface area contributed by atoms with Gasteiger partial charge in [-0.2, -0.15) is 0 Å². The molecule has 0 bridgehead atoms. The van der Waals surface area contributed by atoms with Crippen molar-refractivity contribution in [2.45, 2.75) is 18.5 Å². The summed E-state index contributed by atoms with van der Waals surface area (Å²) in [5.41, 5.74) is 3.32. The molecule has 1 aliphatic rings. The summed E-state index contributed by atoms with van der Waals surface area (Å²) in [4.78, 5) is 17.8. The molecule has 0 saturated carbocycles. The fraction of sp³-hybridized carbons (Fsp3) is 0.290. The smallest absolute Gasteiger partial charge is 0.331 e. The second kappa shape index (κ2) is 13.1. The molecule has 1 fully saturated rings. The Balaban J connectivity index is 1.36. The van der Waals surface area contributed by atoms with Crippen molar-refractivity contribution >= 4 is 12.0 Å². The van der Waals surface area contributed by atoms with Crippen LogP contribution in [0, 0.1) is 0 Å². The number of piperazine rings is 1. The zero-order chi connectivity index (χ0) is 26.9. The molecule has 0 amide bonds. The summed E-state index contributed by atoms with van der Waals surface area (Å²) in [6.07, 6.45) is 4.84. The van der Waals surface area contributed by atoms with Gasteiger partial charge in [0.2, 0.25) is 0 Å². The van der Waals surface area contributed by atoms with E-state index in [1.165, 1.54) is 12.7 Å². The van der Waals surface area contributed by atoms with Gasteiger partial charge in [-0.05, 0) is 27.1 Å². The zero-order valence-corrected chi connectivity index (χ0v) is 22.2. The molecule has 0 spiro atoms. The van der Waals surface area contributed by atoms with E-state index in [1.807, 2.05) is 54.6 Å². The van der Waals surface area contributed by atoms with Crippen LogP contribution in [0.4, 0.5) is 0 Å². The van der Waals surface area contributed by atoms with Gasteiger partial charge in [0.25, 0.3) is 0 Å². The summed E-state index contributed by atoms with van der Waals surface area (Å²) in [5, 5.41) is 12.8. The van der Waals surface area contributed by atoms with Gasteiger partial charge in [-0.1, -0.05) is 103 Å². The maximum absolute atomic E-state index is 13.0. The molecule has 39 heavy (non-hydrogen) atoms. The Bertz CT molecular complexity index is 1340. The van der Waals surface area contributed by atoms with Crippen molar-refractivity contribution in [1.82, 2.24) is 30.0 Å². The normalized spacial score (nSPS) is 16.2. The van der Waals surface area contributed by atoms with Crippen LogP contribution in [0.2, 0.25) is 0 Å². The lowest BCUT2D eigenvalue weighted by atomic mass is 10.0. The van der Waals surface area contributed by atoms with Gasteiger partial charge in [-0.25, -0.2) is 9.48 Å². The van der Waals surface area contributed by atoms with E-state index in [0.717, 1.165) is 43.9 Å². The minimum Gasteiger partial charge on any atom is -0.467 e. The summed E-state index contributed by atoms with van der Waals surface area (Å²) in [7, 11) is 1.41. The molecule has 1 aliphatic heterocycles. The van der Waals surface area contributed by atoms with E-state index < -0.39 is 6.04 Å². The zero-order valence-electron chi connectivity index (χ0n) is 22.2. The van der Waals surface area contributed by atoms with E-state index in [0.29, 0.717) is 12.2 Å². The highest BCUT2D eigenvalue weighted by Gasteiger charge is 2.34. The van der Waals surface area contributed by atoms with Crippen LogP contribution in [0.3, 0.4) is 0 Å². The molecule has 5 rings (SSSR count). The number of rotatable bonds is 10. The van der Waals surface area contributed by atoms with E-state index in [-0.39, 0.29) is 12.0 Å². The standard InChI is InChI=1S/C31H34N6O2/c1-39-31(38)28(24-26-14-7-3-8-15-26)37-30(32-33-34-37)29(27-17-9-4-10-18-27)36-22-20-35(21-23-36)19-11-16-25-12-5-2-6-13-25/h2-18,28-29H,19-24H2,1H3/b16-11+/t28?,29-/m0/s1. The number of hydrogen-bond acceptors (Lipinski definition) is 7. The SMILES string of the molecule is COC(=O)C(Cc1ccccc1)n1nnnc1[C@H](c1ccccc1)N1CCN(C/C=C/c2ccccc2)CC1. The lowest BCUT2D eigenvalue weighted by Crippen LogP contribution is -2.48. The van der Waals surface area contributed by atoms with Crippen LogP contribution in [0.5, 0.6) is 0 Å². The fourth-order valence-corrected chi connectivity index (χ4v) is 5.11. The largest absolute Gasteiger partial charge is 0.467 e. The number of esters is 1. The molecule has 1 unspecified atom stereocenters. The number of carbonyl (C=O) groups is 1. The lowest BCUT2D eigenvalue weighted by molar-refractivity contribution is -0.145. The first-order valence-corrected chi connectivity index (χ1v) is 13.4. The van der Waals surface area contributed by atoms with Gasteiger partial charge in [-0.3, -0.25) is 9.80 Å². The summed E-state index contributed by atoms with van der Waals surface area (Å²) >= 11 is 0. The number of carbonyl (C=O) groups excluding carboxylic acids is 1. The number of methoxy groups -OCH3 is 1. The molecule has 1 saturated heterocycles. The average Bonchev–Trinajstić information content (AvgIpc) is 3.47. The maximum Gasteiger partial charge on any atom is 0.331 e. The molecule has 0 aliphatic carbocycles. The van der Waals surface area contributed by atoms with Crippen molar-refractivity contribution in [3.8, 4) is 0 Å². The maximum atomic E-state index is 13.0. The minimum atomic E-state index is -0.668. The average molecular weight is 523 g/mol. The Morgan fingerprint density at radius 1 is 0.897 bits per heavy atom. The van der Waals surface area contributed by atoms with Gasteiger partial charge in [-0.15, -0.1) is 5.10 Å². The first-order valence-electron chi connectivity index (χ1n) is 13.4. The third-order valence-electron chi connectivity index (χ3n) is 7.16. The molecule has 2 heterocycles. The Labute approximate surface area is 229 Å². The van der Waals surface area contributed by atoms with Crippen LogP contribution in [0.15, 0.2) is 97.1 Å². The van der Waals surface area contributed by atoms with Crippen LogP contribution in [0.1, 0.15) is 34.6 Å². The summed E-state index contributed by atoms with van der Waals surface area (Å²) < 4.78 is 6.85. The predicted molar refractivity (Wildman–Crippen MR) is 151 cm³/mol. The number of hydrogen-bond donors (Lipinski definition) is 0. The van der Waals surface area contributed by atoms with E-state index >= 15 is 0 Å². The summed E-state index contributed by atoms with van der Waals surface area (Å²) in [5.74, 6) is 0.277. The third-order valence-corrected chi connectivity index (χ3v) is 7.16. The highest BCUT2D eigenvalue weighted by atomic mass is 16.5. The van der Waals surface area contributed by atoms with E-state index in [1.54, 1.807) is 4.68 Å². The first kappa shape index (κ1) is 26.5. The van der Waals surface area contributed by atoms with Gasteiger partial charge < -0.3 is 4.74 Å². The van der Waals surface area contributed by atoms with Gasteiger partial charge in [0.05, 0.1) is 13.2 Å². The number of benzene rings is 3.